The molecule has 0 spiro atoms. The summed E-state index contributed by atoms with van der Waals surface area (Å²) in [7, 11) is 0.138. The summed E-state index contributed by atoms with van der Waals surface area (Å²) >= 11 is 0. The minimum Gasteiger partial charge on any atom is -0.504 e. The van der Waals surface area contributed by atoms with Gasteiger partial charge < -0.3 is 29.1 Å². The lowest BCUT2D eigenvalue weighted by atomic mass is 9.90. The van der Waals surface area contributed by atoms with Crippen LogP contribution in [-0.4, -0.2) is 69.3 Å². The number of phenols is 1. The summed E-state index contributed by atoms with van der Waals surface area (Å²) in [5, 5.41) is 16.2. The van der Waals surface area contributed by atoms with Crippen molar-refractivity contribution in [3.63, 3.8) is 0 Å². The highest BCUT2D eigenvalue weighted by molar-refractivity contribution is 6.99. The third-order valence-electron chi connectivity index (χ3n) is 10.4. The average Bonchev–Trinajstić information content (AvgIpc) is 3.45. The van der Waals surface area contributed by atoms with E-state index < -0.39 is 32.5 Å². The molecule has 4 aromatic rings. The molecule has 2 bridgehead atoms. The number of piperazine rings is 1. The number of hydrogen-bond donors (Lipinski definition) is 2. The van der Waals surface area contributed by atoms with E-state index in [1.807, 2.05) is 49.4 Å². The number of ether oxygens (including phenoxy) is 3. The molecule has 268 valence electrons. The van der Waals surface area contributed by atoms with E-state index in [4.69, 9.17) is 18.6 Å². The van der Waals surface area contributed by atoms with Gasteiger partial charge in [0.05, 0.1) is 26.3 Å². The van der Waals surface area contributed by atoms with Gasteiger partial charge in [-0.1, -0.05) is 112 Å². The van der Waals surface area contributed by atoms with E-state index in [0.29, 0.717) is 42.1 Å². The minimum absolute atomic E-state index is 0.0251. The largest absolute Gasteiger partial charge is 0.504 e. The first-order valence-corrected chi connectivity index (χ1v) is 19.4. The molecule has 2 amide bonds. The number of phenolic OH excluding ortho intramolecular Hbond substituents is 1. The van der Waals surface area contributed by atoms with Crippen LogP contribution >= 0.6 is 0 Å². The Labute approximate surface area is 301 Å². The van der Waals surface area contributed by atoms with Gasteiger partial charge in [-0.05, 0) is 46.8 Å². The quantitative estimate of drug-likeness (QED) is 0.192. The molecular weight excluding hydrogens is 661 g/mol. The minimum atomic E-state index is -2.93. The number of methoxy groups -OCH3 is 2. The molecular formula is C41H48N2O7Si. The molecule has 9 nitrogen and oxygen atoms in total. The fourth-order valence-corrected chi connectivity index (χ4v) is 12.9. The number of benzene rings is 4. The van der Waals surface area contributed by atoms with Crippen molar-refractivity contribution in [1.29, 1.82) is 0 Å². The molecule has 0 aliphatic carbocycles. The zero-order valence-corrected chi connectivity index (χ0v) is 31.2. The second kappa shape index (κ2) is 14.8. The van der Waals surface area contributed by atoms with Gasteiger partial charge >= 0.3 is 6.09 Å². The second-order valence-corrected chi connectivity index (χ2v) is 18.8. The van der Waals surface area contributed by atoms with Crippen molar-refractivity contribution < 1.29 is 33.3 Å². The number of amides is 2. The fraction of sp³-hybridized carbons (Fsp3) is 0.366. The number of carbonyl (C=O) groups excluding carboxylic acids is 2. The van der Waals surface area contributed by atoms with Crippen molar-refractivity contribution in [3.05, 3.63) is 114 Å². The summed E-state index contributed by atoms with van der Waals surface area (Å²) in [6, 6.07) is 30.3. The molecule has 2 heterocycles. The first-order valence-electron chi connectivity index (χ1n) is 17.5. The van der Waals surface area contributed by atoms with Crippen LogP contribution in [0.1, 0.15) is 43.9 Å². The third kappa shape index (κ3) is 6.82. The lowest BCUT2D eigenvalue weighted by Crippen LogP contribution is -2.67. The van der Waals surface area contributed by atoms with Gasteiger partial charge in [0.1, 0.15) is 18.4 Å². The van der Waals surface area contributed by atoms with Crippen molar-refractivity contribution >= 4 is 30.7 Å². The van der Waals surface area contributed by atoms with Crippen LogP contribution in [0.15, 0.2) is 97.1 Å². The van der Waals surface area contributed by atoms with E-state index in [0.717, 1.165) is 15.9 Å². The van der Waals surface area contributed by atoms with Crippen LogP contribution in [0.4, 0.5) is 4.79 Å². The standard InChI is InChI=1S/C41H48N2O7Si/c1-27-37(47-5)29(24-35(44)38(27)48-6)22-33-36-30(23-34(39(45)42-33)43(36)40(46)49-25-28-16-10-7-11-17-28)26-50-51(41(2,3)4,31-18-12-8-13-19-31)32-20-14-9-15-21-32/h7-21,24,30,33-34,36,44H,22-23,25-26H2,1-6H3,(H,42,45)/t30-,33-,34-,36+/m0/s1. The number of aromatic hydroxyl groups is 1. The van der Waals surface area contributed by atoms with Crippen LogP contribution in [0, 0.1) is 12.8 Å². The predicted octanol–water partition coefficient (Wildman–Crippen LogP) is 5.73. The van der Waals surface area contributed by atoms with Gasteiger partial charge in [-0.2, -0.15) is 0 Å². The van der Waals surface area contributed by atoms with Crippen molar-refractivity contribution in [2.45, 2.75) is 70.3 Å². The Morgan fingerprint density at radius 2 is 1.47 bits per heavy atom. The molecule has 4 aromatic carbocycles. The highest BCUT2D eigenvalue weighted by Gasteiger charge is 2.57. The molecule has 2 saturated heterocycles. The fourth-order valence-electron chi connectivity index (χ4n) is 8.23. The van der Waals surface area contributed by atoms with Crippen molar-refractivity contribution in [3.8, 4) is 17.2 Å². The van der Waals surface area contributed by atoms with E-state index in [9.17, 15) is 14.7 Å². The lowest BCUT2D eigenvalue weighted by Gasteiger charge is -2.45. The zero-order chi connectivity index (χ0) is 36.3. The molecule has 2 aliphatic heterocycles. The number of nitrogens with one attached hydrogen (secondary N) is 1. The number of hydrogen-bond acceptors (Lipinski definition) is 7. The summed E-state index contributed by atoms with van der Waals surface area (Å²) in [6.07, 6.45) is 0.181. The Kier molecular flexibility index (Phi) is 10.5. The second-order valence-electron chi connectivity index (χ2n) is 14.5. The smallest absolute Gasteiger partial charge is 0.411 e. The monoisotopic (exact) mass is 708 g/mol. The molecule has 6 rings (SSSR count). The Balaban J connectivity index is 1.39. The molecule has 10 heteroatoms. The molecule has 0 radical (unpaired) electrons. The van der Waals surface area contributed by atoms with Gasteiger partial charge in [0.15, 0.2) is 11.5 Å². The zero-order valence-electron chi connectivity index (χ0n) is 30.2. The molecule has 51 heavy (non-hydrogen) atoms. The molecule has 0 saturated carbocycles. The van der Waals surface area contributed by atoms with Crippen LogP contribution in [-0.2, 0) is 27.0 Å². The third-order valence-corrected chi connectivity index (χ3v) is 15.4. The average molecular weight is 709 g/mol. The van der Waals surface area contributed by atoms with Gasteiger partial charge in [-0.3, -0.25) is 9.69 Å². The van der Waals surface area contributed by atoms with Crippen LogP contribution in [0.3, 0.4) is 0 Å². The summed E-state index contributed by atoms with van der Waals surface area (Å²) in [6.45, 7) is 8.94. The van der Waals surface area contributed by atoms with Crippen molar-refractivity contribution in [1.82, 2.24) is 10.2 Å². The van der Waals surface area contributed by atoms with E-state index in [2.05, 4.69) is 74.6 Å². The molecule has 2 aliphatic rings. The molecule has 0 unspecified atom stereocenters. The summed E-state index contributed by atoms with van der Waals surface area (Å²) in [5.74, 6) is 0.408. The summed E-state index contributed by atoms with van der Waals surface area (Å²) in [5.41, 5.74) is 2.19. The van der Waals surface area contributed by atoms with Crippen LogP contribution in [0.5, 0.6) is 17.2 Å². The number of rotatable bonds is 11. The summed E-state index contributed by atoms with van der Waals surface area (Å²) in [4.78, 5) is 29.6. The first kappa shape index (κ1) is 36.0. The Morgan fingerprint density at radius 1 is 0.902 bits per heavy atom. The number of carbonyl (C=O) groups is 2. The SMILES string of the molecule is COc1c(O)cc(C[C@@H]2NC(=O)[C@@H]3C[C@@H](CO[Si](c4ccccc4)(c4ccccc4)C(C)(C)C)[C@H]2N3C(=O)OCc2ccccc2)c(OC)c1C. The van der Waals surface area contributed by atoms with Gasteiger partial charge in [0.2, 0.25) is 5.91 Å². The van der Waals surface area contributed by atoms with Crippen molar-refractivity contribution in [2.75, 3.05) is 20.8 Å². The van der Waals surface area contributed by atoms with Crippen molar-refractivity contribution in [2.24, 2.45) is 5.92 Å². The van der Waals surface area contributed by atoms with E-state index in [-0.39, 0.29) is 29.2 Å². The topological polar surface area (TPSA) is 107 Å². The maximum absolute atomic E-state index is 14.0. The summed E-state index contributed by atoms with van der Waals surface area (Å²) < 4.78 is 24.5. The molecule has 2 N–H and O–H groups in total. The molecule has 2 fully saturated rings. The van der Waals surface area contributed by atoms with E-state index in [1.54, 1.807) is 18.1 Å². The van der Waals surface area contributed by atoms with Crippen LogP contribution in [0.2, 0.25) is 5.04 Å². The lowest BCUT2D eigenvalue weighted by molar-refractivity contribution is -0.129. The van der Waals surface area contributed by atoms with Gasteiger partial charge in [0.25, 0.3) is 8.32 Å². The molecule has 0 aromatic heterocycles. The maximum Gasteiger partial charge on any atom is 0.411 e. The number of nitrogens with zero attached hydrogens (tertiary/aromatic N) is 1. The maximum atomic E-state index is 14.0. The van der Waals surface area contributed by atoms with Crippen LogP contribution < -0.4 is 25.2 Å². The Morgan fingerprint density at radius 3 is 2.02 bits per heavy atom. The first-order chi connectivity index (χ1) is 24.5. The predicted molar refractivity (Wildman–Crippen MR) is 199 cm³/mol. The normalized spacial score (nSPS) is 20.1. The Bertz CT molecular complexity index is 1790. The van der Waals surface area contributed by atoms with Gasteiger partial charge in [0, 0.05) is 23.7 Å². The number of fused-ring (bicyclic) bond motifs is 2. The van der Waals surface area contributed by atoms with E-state index >= 15 is 0 Å². The molecule has 4 atom stereocenters. The Hall–Kier alpha value is -4.80. The van der Waals surface area contributed by atoms with Gasteiger partial charge in [-0.15, -0.1) is 0 Å². The van der Waals surface area contributed by atoms with Crippen LogP contribution in [0.25, 0.3) is 0 Å². The van der Waals surface area contributed by atoms with E-state index in [1.165, 1.54) is 7.11 Å². The highest BCUT2D eigenvalue weighted by Crippen LogP contribution is 2.44. The van der Waals surface area contributed by atoms with Gasteiger partial charge in [-0.25, -0.2) is 4.79 Å². The highest BCUT2D eigenvalue weighted by atomic mass is 28.4.